The second-order valence-electron chi connectivity index (χ2n) is 6.69. The van der Waals surface area contributed by atoms with Crippen LogP contribution in [0.5, 0.6) is 0 Å². The molecule has 0 spiro atoms. The topological polar surface area (TPSA) is 52.7 Å². The maximum atomic E-state index is 13.0. The lowest BCUT2D eigenvalue weighted by Gasteiger charge is -2.22. The van der Waals surface area contributed by atoms with E-state index in [0.29, 0.717) is 18.7 Å². The molecular weight excluding hydrogens is 345 g/mol. The van der Waals surface area contributed by atoms with Crippen molar-refractivity contribution in [2.75, 3.05) is 32.7 Å². The molecule has 2 amide bonds. The van der Waals surface area contributed by atoms with Crippen molar-refractivity contribution >= 4 is 11.8 Å². The fraction of sp³-hybridized carbons (Fsp3) is 0.333. The van der Waals surface area contributed by atoms with E-state index in [-0.39, 0.29) is 24.2 Å². The summed E-state index contributed by atoms with van der Waals surface area (Å²) < 4.78 is 13.0. The van der Waals surface area contributed by atoms with Gasteiger partial charge in [-0.3, -0.25) is 14.5 Å². The Morgan fingerprint density at radius 1 is 0.926 bits per heavy atom. The van der Waals surface area contributed by atoms with Crippen molar-refractivity contribution in [2.45, 2.75) is 13.0 Å². The molecule has 5 nitrogen and oxygen atoms in total. The van der Waals surface area contributed by atoms with Gasteiger partial charge in [0.1, 0.15) is 5.82 Å². The van der Waals surface area contributed by atoms with Crippen molar-refractivity contribution in [3.63, 3.8) is 0 Å². The molecule has 142 valence electrons. The van der Waals surface area contributed by atoms with Crippen LogP contribution in [-0.4, -0.2) is 54.3 Å². The van der Waals surface area contributed by atoms with E-state index in [1.54, 1.807) is 41.3 Å². The molecule has 1 heterocycles. The van der Waals surface area contributed by atoms with Crippen LogP contribution in [0.4, 0.5) is 4.39 Å². The second kappa shape index (κ2) is 9.28. The number of carbonyl (C=O) groups excluding carboxylic acids is 2. The quantitative estimate of drug-likeness (QED) is 0.880. The molecule has 27 heavy (non-hydrogen) atoms. The van der Waals surface area contributed by atoms with E-state index in [1.165, 1.54) is 12.1 Å². The molecular formula is C21H24FN3O2. The molecule has 6 heteroatoms. The fourth-order valence-corrected chi connectivity index (χ4v) is 3.19. The molecule has 0 radical (unpaired) electrons. The highest BCUT2D eigenvalue weighted by molar-refractivity contribution is 5.96. The minimum absolute atomic E-state index is 0.00564. The smallest absolute Gasteiger partial charge is 0.251 e. The lowest BCUT2D eigenvalue weighted by molar-refractivity contribution is -0.130. The van der Waals surface area contributed by atoms with Gasteiger partial charge in [-0.05, 0) is 36.2 Å². The van der Waals surface area contributed by atoms with E-state index in [2.05, 4.69) is 10.2 Å². The minimum atomic E-state index is -0.239. The summed E-state index contributed by atoms with van der Waals surface area (Å²) >= 11 is 0. The summed E-state index contributed by atoms with van der Waals surface area (Å²) in [5.41, 5.74) is 1.61. The zero-order valence-corrected chi connectivity index (χ0v) is 15.2. The number of hydrogen-bond donors (Lipinski definition) is 1. The molecule has 1 saturated heterocycles. The van der Waals surface area contributed by atoms with Crippen molar-refractivity contribution in [1.82, 2.24) is 15.1 Å². The van der Waals surface area contributed by atoms with Crippen LogP contribution < -0.4 is 5.32 Å². The molecule has 0 atom stereocenters. The van der Waals surface area contributed by atoms with Crippen LogP contribution in [0.15, 0.2) is 54.6 Å². The number of rotatable bonds is 5. The predicted molar refractivity (Wildman–Crippen MR) is 102 cm³/mol. The van der Waals surface area contributed by atoms with Crippen LogP contribution >= 0.6 is 0 Å². The van der Waals surface area contributed by atoms with Gasteiger partial charge < -0.3 is 10.2 Å². The van der Waals surface area contributed by atoms with Gasteiger partial charge in [0.25, 0.3) is 5.91 Å². The second-order valence-corrected chi connectivity index (χ2v) is 6.69. The Morgan fingerprint density at radius 3 is 2.41 bits per heavy atom. The van der Waals surface area contributed by atoms with Gasteiger partial charge in [-0.2, -0.15) is 0 Å². The molecule has 1 aliphatic heterocycles. The van der Waals surface area contributed by atoms with E-state index in [1.807, 2.05) is 6.07 Å². The summed E-state index contributed by atoms with van der Waals surface area (Å²) in [7, 11) is 0. The zero-order chi connectivity index (χ0) is 19.1. The van der Waals surface area contributed by atoms with Gasteiger partial charge in [0.05, 0.1) is 6.54 Å². The third-order valence-electron chi connectivity index (χ3n) is 4.70. The highest BCUT2D eigenvalue weighted by Crippen LogP contribution is 2.10. The van der Waals surface area contributed by atoms with Crippen LogP contribution in [-0.2, 0) is 11.3 Å². The van der Waals surface area contributed by atoms with E-state index < -0.39 is 0 Å². The molecule has 0 aromatic heterocycles. The number of halogens is 1. The summed E-state index contributed by atoms with van der Waals surface area (Å²) in [6.07, 6.45) is 0.875. The molecule has 2 aromatic carbocycles. The SMILES string of the molecule is O=C(NCC(=O)N1CCCN(Cc2ccc(F)cc2)CC1)c1ccccc1. The molecule has 2 aromatic rings. The van der Waals surface area contributed by atoms with Gasteiger partial charge in [0, 0.05) is 38.3 Å². The first kappa shape index (κ1) is 19.0. The number of hydrogen-bond acceptors (Lipinski definition) is 3. The van der Waals surface area contributed by atoms with Crippen molar-refractivity contribution < 1.29 is 14.0 Å². The Morgan fingerprint density at radius 2 is 1.67 bits per heavy atom. The first-order valence-electron chi connectivity index (χ1n) is 9.19. The van der Waals surface area contributed by atoms with Crippen molar-refractivity contribution in [1.29, 1.82) is 0 Å². The molecule has 1 aliphatic rings. The Labute approximate surface area is 158 Å². The highest BCUT2D eigenvalue weighted by Gasteiger charge is 2.19. The maximum Gasteiger partial charge on any atom is 0.251 e. The Bertz CT molecular complexity index is 765. The number of nitrogens with one attached hydrogen (secondary N) is 1. The number of nitrogens with zero attached hydrogens (tertiary/aromatic N) is 2. The molecule has 0 saturated carbocycles. The summed E-state index contributed by atoms with van der Waals surface area (Å²) in [6, 6.07) is 15.4. The molecule has 0 unspecified atom stereocenters. The normalized spacial score (nSPS) is 15.2. The Balaban J connectivity index is 1.46. The summed E-state index contributed by atoms with van der Waals surface area (Å²) in [4.78, 5) is 28.6. The van der Waals surface area contributed by atoms with Crippen LogP contribution in [0.3, 0.4) is 0 Å². The fourth-order valence-electron chi connectivity index (χ4n) is 3.19. The lowest BCUT2D eigenvalue weighted by Crippen LogP contribution is -2.42. The van der Waals surface area contributed by atoms with Gasteiger partial charge in [0.2, 0.25) is 5.91 Å². The first-order chi connectivity index (χ1) is 13.1. The van der Waals surface area contributed by atoms with Crippen LogP contribution in [0.1, 0.15) is 22.3 Å². The molecule has 0 aliphatic carbocycles. The van der Waals surface area contributed by atoms with E-state index >= 15 is 0 Å². The number of benzene rings is 2. The van der Waals surface area contributed by atoms with Gasteiger partial charge in [-0.15, -0.1) is 0 Å². The van der Waals surface area contributed by atoms with Crippen LogP contribution in [0.25, 0.3) is 0 Å². The third-order valence-corrected chi connectivity index (χ3v) is 4.70. The molecule has 3 rings (SSSR count). The van der Waals surface area contributed by atoms with Crippen molar-refractivity contribution in [2.24, 2.45) is 0 Å². The van der Waals surface area contributed by atoms with Gasteiger partial charge in [0.15, 0.2) is 0 Å². The average Bonchev–Trinajstić information content (AvgIpc) is 2.94. The van der Waals surface area contributed by atoms with Crippen molar-refractivity contribution in [3.05, 3.63) is 71.5 Å². The van der Waals surface area contributed by atoms with Gasteiger partial charge in [-0.1, -0.05) is 30.3 Å². The average molecular weight is 369 g/mol. The number of amides is 2. The summed E-state index contributed by atoms with van der Waals surface area (Å²) in [5.74, 6) is -0.538. The molecule has 1 N–H and O–H groups in total. The minimum Gasteiger partial charge on any atom is -0.343 e. The van der Waals surface area contributed by atoms with Gasteiger partial charge in [-0.25, -0.2) is 4.39 Å². The van der Waals surface area contributed by atoms with Gasteiger partial charge >= 0.3 is 0 Å². The third kappa shape index (κ3) is 5.62. The maximum absolute atomic E-state index is 13.0. The standard InChI is InChI=1S/C21H24FN3O2/c22-19-9-7-17(8-10-19)16-24-11-4-12-25(14-13-24)20(26)15-23-21(27)18-5-2-1-3-6-18/h1-3,5-10H,4,11-16H2,(H,23,27). The monoisotopic (exact) mass is 369 g/mol. The predicted octanol–water partition coefficient (Wildman–Crippen LogP) is 2.29. The molecule has 0 bridgehead atoms. The Kier molecular flexibility index (Phi) is 6.54. The van der Waals surface area contributed by atoms with E-state index in [9.17, 15) is 14.0 Å². The summed E-state index contributed by atoms with van der Waals surface area (Å²) in [6.45, 7) is 3.70. The zero-order valence-electron chi connectivity index (χ0n) is 15.2. The molecule has 1 fully saturated rings. The van der Waals surface area contributed by atoms with E-state index in [4.69, 9.17) is 0 Å². The summed E-state index contributed by atoms with van der Waals surface area (Å²) in [5, 5.41) is 2.69. The van der Waals surface area contributed by atoms with E-state index in [0.717, 1.165) is 31.6 Å². The lowest BCUT2D eigenvalue weighted by atomic mass is 10.2. The highest BCUT2D eigenvalue weighted by atomic mass is 19.1. The largest absolute Gasteiger partial charge is 0.343 e. The first-order valence-corrected chi connectivity index (χ1v) is 9.19. The van der Waals surface area contributed by atoms with Crippen LogP contribution in [0.2, 0.25) is 0 Å². The van der Waals surface area contributed by atoms with Crippen LogP contribution in [0, 0.1) is 5.82 Å². The number of carbonyl (C=O) groups is 2. The van der Waals surface area contributed by atoms with Crippen molar-refractivity contribution in [3.8, 4) is 0 Å². The Hall–Kier alpha value is -2.73.